The minimum absolute atomic E-state index is 3.90. The quantitative estimate of drug-likeness (QED) is 0.576. The third-order valence-corrected chi connectivity index (χ3v) is 5.39. The average molecular weight is 367 g/mol. The summed E-state index contributed by atoms with van der Waals surface area (Å²) in [5.41, 5.74) is 0. The van der Waals surface area contributed by atoms with Crippen molar-refractivity contribution in [1.82, 2.24) is 0 Å². The first-order valence-electron chi connectivity index (χ1n) is 4.31. The Morgan fingerprint density at radius 3 is 1.10 bits per heavy atom. The van der Waals surface area contributed by atoms with Gasteiger partial charge in [-0.1, -0.05) is 0 Å². The highest BCUT2D eigenvalue weighted by Crippen LogP contribution is 2.82. The molecule has 0 heterocycles. The van der Waals surface area contributed by atoms with E-state index in [4.69, 9.17) is 10.00 Å². The third-order valence-electron chi connectivity index (χ3n) is 2.15. The first kappa shape index (κ1) is 20.5. The van der Waals surface area contributed by atoms with Crippen molar-refractivity contribution < 1.29 is 62.7 Å². The highest BCUT2D eigenvalue weighted by molar-refractivity contribution is 7.72. The van der Waals surface area contributed by atoms with Crippen LogP contribution in [0.3, 0.4) is 0 Å². The number of hydrogen-bond acceptors (Lipinski definition) is 2. The molecular formula is C6H4F12O2P+. The molecule has 2 nitrogen and oxygen atoms in total. The molecule has 0 amide bonds. The highest BCUT2D eigenvalue weighted by Gasteiger charge is 2.94. The lowest BCUT2D eigenvalue weighted by Gasteiger charge is -2.38. The van der Waals surface area contributed by atoms with Gasteiger partial charge in [-0.3, -0.25) is 0 Å². The number of rotatable bonds is 2. The monoisotopic (exact) mass is 367 g/mol. The fourth-order valence-electron chi connectivity index (χ4n) is 1.23. The maximum Gasteiger partial charge on any atom is 0.541 e. The van der Waals surface area contributed by atoms with Crippen LogP contribution in [0.25, 0.3) is 0 Å². The summed E-state index contributed by atoms with van der Waals surface area (Å²) in [5, 5.41) is 1.47. The van der Waals surface area contributed by atoms with E-state index < -0.39 is 43.4 Å². The van der Waals surface area contributed by atoms with Crippen LogP contribution in [0, 0.1) is 0 Å². The molecule has 0 aliphatic carbocycles. The number of hydrogen-bond donors (Lipinski definition) is 2. The SMILES string of the molecule is OC(C(F)(F)F)(C(F)(F)F)[P+](O)(CC(F)(F)F)C(F)(F)F. The van der Waals surface area contributed by atoms with E-state index in [9.17, 15) is 52.7 Å². The van der Waals surface area contributed by atoms with Crippen LogP contribution < -0.4 is 0 Å². The van der Waals surface area contributed by atoms with E-state index in [0.717, 1.165) is 0 Å². The largest absolute Gasteiger partial charge is 0.541 e. The minimum Gasteiger partial charge on any atom is -0.341 e. The zero-order valence-electron chi connectivity index (χ0n) is 9.08. The van der Waals surface area contributed by atoms with E-state index in [-0.39, 0.29) is 0 Å². The van der Waals surface area contributed by atoms with Crippen LogP contribution >= 0.6 is 7.49 Å². The summed E-state index contributed by atoms with van der Waals surface area (Å²) in [4.78, 5) is 8.65. The average Bonchev–Trinajstić information content (AvgIpc) is 2.07. The molecule has 0 fully saturated rings. The second-order valence-electron chi connectivity index (χ2n) is 3.68. The van der Waals surface area contributed by atoms with Crippen LogP contribution in [0.4, 0.5) is 52.7 Å². The van der Waals surface area contributed by atoms with Crippen molar-refractivity contribution in [1.29, 1.82) is 0 Å². The molecule has 0 aromatic heterocycles. The maximum absolute atomic E-state index is 12.3. The first-order valence-corrected chi connectivity index (χ1v) is 6.24. The molecule has 0 aliphatic rings. The van der Waals surface area contributed by atoms with Gasteiger partial charge in [0.2, 0.25) is 0 Å². The number of alkyl halides is 12. The zero-order valence-corrected chi connectivity index (χ0v) is 9.98. The lowest BCUT2D eigenvalue weighted by Crippen LogP contribution is -2.61. The van der Waals surface area contributed by atoms with Crippen molar-refractivity contribution in [3.8, 4) is 0 Å². The maximum atomic E-state index is 12.3. The van der Waals surface area contributed by atoms with Gasteiger partial charge < -0.3 is 5.11 Å². The van der Waals surface area contributed by atoms with Gasteiger partial charge in [-0.25, -0.2) is 4.89 Å². The van der Waals surface area contributed by atoms with Crippen LogP contribution in [0.15, 0.2) is 0 Å². The standard InChI is InChI=1S/C6H4F12O2P/c7-2(8,9)1-21(20,6(16,17)18)3(19,4(10,11)12)5(13,14)15/h19-20H,1H2/q+1. The molecule has 0 radical (unpaired) electrons. The Morgan fingerprint density at radius 2 is 0.952 bits per heavy atom. The van der Waals surface area contributed by atoms with Gasteiger partial charge in [0.15, 0.2) is 6.16 Å². The number of aliphatic hydroxyl groups is 1. The van der Waals surface area contributed by atoms with E-state index in [1.807, 2.05) is 0 Å². The first-order chi connectivity index (χ1) is 8.71. The summed E-state index contributed by atoms with van der Waals surface area (Å²) in [6, 6.07) is 0. The Kier molecular flexibility index (Phi) is 4.90. The zero-order chi connectivity index (χ0) is 17.7. The molecular weight excluding hydrogens is 363 g/mol. The smallest absolute Gasteiger partial charge is 0.341 e. The second-order valence-corrected chi connectivity index (χ2v) is 6.69. The molecule has 2 N–H and O–H groups in total. The Hall–Kier alpha value is -0.490. The summed E-state index contributed by atoms with van der Waals surface area (Å²) in [7, 11) is -8.06. The van der Waals surface area contributed by atoms with E-state index in [0.29, 0.717) is 0 Å². The molecule has 0 aromatic carbocycles. The van der Waals surface area contributed by atoms with Crippen molar-refractivity contribution in [3.05, 3.63) is 0 Å². The molecule has 0 spiro atoms. The molecule has 128 valence electrons. The van der Waals surface area contributed by atoms with Crippen molar-refractivity contribution in [3.63, 3.8) is 0 Å². The topological polar surface area (TPSA) is 40.5 Å². The molecule has 0 aromatic rings. The molecule has 0 saturated heterocycles. The minimum atomic E-state index is -8.06. The van der Waals surface area contributed by atoms with Crippen LogP contribution in [-0.2, 0) is 0 Å². The second kappa shape index (κ2) is 5.01. The summed E-state index contributed by atoms with van der Waals surface area (Å²) < 4.78 is 146. The fraction of sp³-hybridized carbons (Fsp3) is 1.00. The summed E-state index contributed by atoms with van der Waals surface area (Å²) in [6.07, 6.45) is -24.6. The fourth-order valence-corrected chi connectivity index (χ4v) is 3.36. The van der Waals surface area contributed by atoms with Crippen molar-refractivity contribution >= 4 is 7.49 Å². The lowest BCUT2D eigenvalue weighted by molar-refractivity contribution is -0.337. The molecule has 0 saturated carbocycles. The van der Waals surface area contributed by atoms with Gasteiger partial charge in [-0.05, 0) is 0 Å². The molecule has 21 heavy (non-hydrogen) atoms. The molecule has 0 rings (SSSR count). The molecule has 1 unspecified atom stereocenters. The molecule has 15 heteroatoms. The van der Waals surface area contributed by atoms with Crippen molar-refractivity contribution in [2.24, 2.45) is 0 Å². The molecule has 0 bridgehead atoms. The summed E-state index contributed by atoms with van der Waals surface area (Å²) in [5.74, 6) is -6.98. The van der Waals surface area contributed by atoms with E-state index in [1.54, 1.807) is 0 Å². The number of halogens is 12. The van der Waals surface area contributed by atoms with Gasteiger partial charge in [0.1, 0.15) is 0 Å². The predicted octanol–water partition coefficient (Wildman–Crippen LogP) is 3.81. The van der Waals surface area contributed by atoms with Crippen molar-refractivity contribution in [2.75, 3.05) is 6.16 Å². The van der Waals surface area contributed by atoms with Gasteiger partial charge in [-0.2, -0.15) is 39.5 Å². The Bertz CT molecular complexity index is 363. The summed E-state index contributed by atoms with van der Waals surface area (Å²) in [6.45, 7) is 0. The Balaban J connectivity index is 6.49. The van der Waals surface area contributed by atoms with E-state index in [2.05, 4.69) is 0 Å². The van der Waals surface area contributed by atoms with Gasteiger partial charge in [-0.15, -0.1) is 13.2 Å². The van der Waals surface area contributed by atoms with Gasteiger partial charge in [0, 0.05) is 0 Å². The molecule has 1 atom stereocenters. The van der Waals surface area contributed by atoms with Crippen LogP contribution in [0.5, 0.6) is 0 Å². The summed E-state index contributed by atoms with van der Waals surface area (Å²) >= 11 is 0. The Labute approximate surface area is 107 Å². The van der Waals surface area contributed by atoms with Gasteiger partial charge >= 0.3 is 37.3 Å². The molecule has 0 aliphatic heterocycles. The normalized spacial score (nSPS) is 18.6. The van der Waals surface area contributed by atoms with Crippen molar-refractivity contribution in [2.45, 2.75) is 29.8 Å². The lowest BCUT2D eigenvalue weighted by atomic mass is 10.3. The van der Waals surface area contributed by atoms with E-state index in [1.165, 1.54) is 0 Å². The van der Waals surface area contributed by atoms with Crippen LogP contribution in [0.2, 0.25) is 0 Å². The van der Waals surface area contributed by atoms with Gasteiger partial charge in [0.25, 0.3) is 0 Å². The Morgan fingerprint density at radius 1 is 0.667 bits per heavy atom. The van der Waals surface area contributed by atoms with E-state index >= 15 is 0 Å². The third kappa shape index (κ3) is 3.47. The predicted molar refractivity (Wildman–Crippen MR) is 43.2 cm³/mol. The van der Waals surface area contributed by atoms with Crippen LogP contribution in [0.1, 0.15) is 0 Å². The van der Waals surface area contributed by atoms with Crippen LogP contribution in [-0.4, -0.2) is 46.0 Å². The van der Waals surface area contributed by atoms with Gasteiger partial charge in [0.05, 0.1) is 0 Å². The highest BCUT2D eigenvalue weighted by atomic mass is 31.2.